The maximum absolute atomic E-state index is 5.75. The van der Waals surface area contributed by atoms with Crippen LogP contribution in [-0.2, 0) is 0 Å². The Morgan fingerprint density at radius 3 is 1.28 bits per heavy atom. The van der Waals surface area contributed by atoms with Crippen LogP contribution in [0.3, 0.4) is 0 Å². The summed E-state index contributed by atoms with van der Waals surface area (Å²) >= 11 is 0. The number of benzene rings is 12. The molecular weight excluding hydrogens is 1070 g/mol. The van der Waals surface area contributed by atoms with Crippen molar-refractivity contribution in [2.75, 3.05) is 9.80 Å². The lowest BCUT2D eigenvalue weighted by molar-refractivity contribution is 1.13. The van der Waals surface area contributed by atoms with Crippen molar-refractivity contribution >= 4 is 79.0 Å². The summed E-state index contributed by atoms with van der Waals surface area (Å²) in [5.74, 6) is 1.23. The lowest BCUT2D eigenvalue weighted by Gasteiger charge is -2.45. The van der Waals surface area contributed by atoms with Gasteiger partial charge in [0.15, 0.2) is 11.6 Å². The van der Waals surface area contributed by atoms with Gasteiger partial charge in [-0.25, -0.2) is 19.9 Å². The highest BCUT2D eigenvalue weighted by atomic mass is 15.2. The number of rotatable bonds is 10. The largest absolute Gasteiger partial charge is 0.311 e. The fourth-order valence-corrected chi connectivity index (χ4v) is 13.5. The number of hydrogen-bond acceptors (Lipinski definition) is 6. The van der Waals surface area contributed by atoms with Crippen LogP contribution in [-0.4, -0.2) is 31.2 Å². The molecule has 0 N–H and O–H groups in total. The minimum Gasteiger partial charge on any atom is -0.311 e. The molecule has 0 bridgehead atoms. The van der Waals surface area contributed by atoms with E-state index >= 15 is 0 Å². The quantitative estimate of drug-likeness (QED) is 0.127. The van der Waals surface area contributed by atoms with Gasteiger partial charge < -0.3 is 14.4 Å². The van der Waals surface area contributed by atoms with E-state index in [9.17, 15) is 0 Å². The number of nitrogens with zero attached hydrogens (tertiary/aromatic N) is 7. The molecule has 7 nitrogen and oxygen atoms in total. The van der Waals surface area contributed by atoms with Crippen molar-refractivity contribution < 1.29 is 0 Å². The summed E-state index contributed by atoms with van der Waals surface area (Å²) in [4.78, 5) is 26.8. The summed E-state index contributed by atoms with van der Waals surface area (Å²) in [5, 5.41) is 2.33. The molecule has 15 aromatic rings. The highest BCUT2D eigenvalue weighted by Gasteiger charge is 2.44. The average Bonchev–Trinajstić information content (AvgIpc) is 0.851. The molecule has 3 aromatic heterocycles. The maximum Gasteiger partial charge on any atom is 0.252 e. The van der Waals surface area contributed by atoms with Crippen LogP contribution in [0.1, 0.15) is 0 Å². The standard InChI is InChI=1S/C80H52BN7/c1-6-25-53(26-7-1)67-51-70(83-79(82-67)55-29-10-3-11-30-55)58-45-47-73(88-71-41-20-16-37-62(71)63-38-17-21-42-72(63)88)64(50-58)80-84-68(54-27-8-2-9-28-54)52-69(85-80)57-32-24-31-56(49-57)61-46-48-76-77-78(61)87(60-35-14-5-15-36-60)75-44-23-19-40-66(75)81(77)65-39-18-22-43-74(65)86(76)59-33-12-4-13-34-59/h1-52H. The molecule has 8 heteroatoms. The van der Waals surface area contributed by atoms with Gasteiger partial charge in [0, 0.05) is 78.2 Å². The molecule has 0 fully saturated rings. The van der Waals surface area contributed by atoms with E-state index in [4.69, 9.17) is 19.9 Å². The fraction of sp³-hybridized carbons (Fsp3) is 0. The molecule has 0 amide bonds. The fourth-order valence-electron chi connectivity index (χ4n) is 13.5. The zero-order valence-electron chi connectivity index (χ0n) is 47.7. The Morgan fingerprint density at radius 2 is 0.693 bits per heavy atom. The van der Waals surface area contributed by atoms with Gasteiger partial charge >= 0.3 is 0 Å². The van der Waals surface area contributed by atoms with E-state index in [1.165, 1.54) is 32.8 Å². The number of para-hydroxylation sites is 6. The van der Waals surface area contributed by atoms with E-state index in [0.29, 0.717) is 11.6 Å². The molecule has 12 aromatic carbocycles. The van der Waals surface area contributed by atoms with Gasteiger partial charge in [-0.3, -0.25) is 0 Å². The maximum atomic E-state index is 5.75. The van der Waals surface area contributed by atoms with Crippen molar-refractivity contribution in [1.29, 1.82) is 0 Å². The molecule has 0 aliphatic carbocycles. The van der Waals surface area contributed by atoms with E-state index < -0.39 is 0 Å². The summed E-state index contributed by atoms with van der Waals surface area (Å²) in [7, 11) is 0. The van der Waals surface area contributed by atoms with Crippen molar-refractivity contribution in [2.24, 2.45) is 0 Å². The normalized spacial score (nSPS) is 12.2. The van der Waals surface area contributed by atoms with Crippen molar-refractivity contribution in [3.8, 4) is 84.6 Å². The van der Waals surface area contributed by atoms with Crippen LogP contribution >= 0.6 is 0 Å². The second-order valence-electron chi connectivity index (χ2n) is 22.5. The zero-order chi connectivity index (χ0) is 58.1. The highest BCUT2D eigenvalue weighted by molar-refractivity contribution is 7.00. The lowest BCUT2D eigenvalue weighted by Crippen LogP contribution is -2.61. The minimum atomic E-state index is -0.0324. The van der Waals surface area contributed by atoms with Gasteiger partial charge in [-0.15, -0.1) is 0 Å². The van der Waals surface area contributed by atoms with Gasteiger partial charge in [-0.1, -0.05) is 231 Å². The Hall–Kier alpha value is -11.7. The van der Waals surface area contributed by atoms with E-state index in [1.54, 1.807) is 0 Å². The number of fused-ring (bicyclic) bond motifs is 7. The number of hydrogen-bond donors (Lipinski definition) is 0. The average molecular weight is 1120 g/mol. The smallest absolute Gasteiger partial charge is 0.252 e. The second kappa shape index (κ2) is 21.1. The molecule has 0 saturated heterocycles. The van der Waals surface area contributed by atoms with Crippen LogP contribution in [0.5, 0.6) is 0 Å². The summed E-state index contributed by atoms with van der Waals surface area (Å²) in [6.45, 7) is -0.0324. The molecule has 0 spiro atoms. The van der Waals surface area contributed by atoms with Gasteiger partial charge in [0.2, 0.25) is 0 Å². The Kier molecular flexibility index (Phi) is 12.2. The Bertz CT molecular complexity index is 5050. The summed E-state index contributed by atoms with van der Waals surface area (Å²) in [5.41, 5.74) is 24.8. The predicted octanol–water partition coefficient (Wildman–Crippen LogP) is 18.1. The molecule has 2 aliphatic rings. The van der Waals surface area contributed by atoms with Gasteiger partial charge in [-0.05, 0) is 107 Å². The van der Waals surface area contributed by atoms with Gasteiger partial charge in [0.25, 0.3) is 6.71 Å². The van der Waals surface area contributed by atoms with Gasteiger partial charge in [0.05, 0.1) is 45.2 Å². The van der Waals surface area contributed by atoms with Crippen LogP contribution < -0.4 is 26.2 Å². The van der Waals surface area contributed by atoms with Crippen LogP contribution in [0.15, 0.2) is 315 Å². The first-order valence-electron chi connectivity index (χ1n) is 29.9. The van der Waals surface area contributed by atoms with Crippen molar-refractivity contribution in [1.82, 2.24) is 24.5 Å². The minimum absolute atomic E-state index is 0.0324. The molecule has 0 radical (unpaired) electrons. The molecule has 5 heterocycles. The molecule has 410 valence electrons. The number of anilines is 6. The van der Waals surface area contributed by atoms with Crippen molar-refractivity contribution in [2.45, 2.75) is 0 Å². The van der Waals surface area contributed by atoms with Gasteiger partial charge in [-0.2, -0.15) is 0 Å². The van der Waals surface area contributed by atoms with Crippen LogP contribution in [0.2, 0.25) is 0 Å². The summed E-state index contributed by atoms with van der Waals surface area (Å²) < 4.78 is 2.37. The highest BCUT2D eigenvalue weighted by Crippen LogP contribution is 2.49. The molecule has 88 heavy (non-hydrogen) atoms. The predicted molar refractivity (Wildman–Crippen MR) is 364 cm³/mol. The second-order valence-corrected chi connectivity index (χ2v) is 22.5. The first-order valence-corrected chi connectivity index (χ1v) is 29.9. The van der Waals surface area contributed by atoms with Crippen molar-refractivity contribution in [3.63, 3.8) is 0 Å². The van der Waals surface area contributed by atoms with E-state index in [1.807, 2.05) is 24.3 Å². The van der Waals surface area contributed by atoms with E-state index in [-0.39, 0.29) is 6.71 Å². The Balaban J connectivity index is 0.899. The lowest BCUT2D eigenvalue weighted by atomic mass is 9.33. The zero-order valence-corrected chi connectivity index (χ0v) is 47.7. The van der Waals surface area contributed by atoms with Crippen LogP contribution in [0, 0.1) is 0 Å². The van der Waals surface area contributed by atoms with Gasteiger partial charge in [0.1, 0.15) is 0 Å². The topological polar surface area (TPSA) is 63.0 Å². The van der Waals surface area contributed by atoms with E-state index in [2.05, 4.69) is 306 Å². The molecule has 2 aliphatic heterocycles. The van der Waals surface area contributed by atoms with Crippen LogP contribution in [0.4, 0.5) is 34.1 Å². The molecule has 0 atom stereocenters. The third-order valence-corrected chi connectivity index (χ3v) is 17.4. The monoisotopic (exact) mass is 1120 g/mol. The third-order valence-electron chi connectivity index (χ3n) is 17.4. The molecule has 17 rings (SSSR count). The molecule has 0 unspecified atom stereocenters. The van der Waals surface area contributed by atoms with Crippen LogP contribution in [0.25, 0.3) is 106 Å². The van der Waals surface area contributed by atoms with E-state index in [0.717, 1.165) is 112 Å². The summed E-state index contributed by atoms with van der Waals surface area (Å²) in [6, 6.07) is 112. The third kappa shape index (κ3) is 8.52. The van der Waals surface area contributed by atoms with Crippen molar-refractivity contribution in [3.05, 3.63) is 315 Å². The molecule has 0 saturated carbocycles. The first kappa shape index (κ1) is 50.8. The Morgan fingerprint density at radius 1 is 0.261 bits per heavy atom. The first-order chi connectivity index (χ1) is 43.7. The Labute approximate surface area is 510 Å². The molecular formula is C80H52BN7. The SMILES string of the molecule is c1ccc(-c2cc(-c3ccc(-n4c5ccccc5c5ccccc54)c(-c4nc(-c5ccccc5)cc(-c5cccc(-c6ccc7c8c6N(c6ccccc6)c6ccccc6B8c6ccccc6N7c6ccccc6)c5)n4)c3)nc(-c3ccccc3)n2)cc1. The number of aromatic nitrogens is 5. The summed E-state index contributed by atoms with van der Waals surface area (Å²) in [6.07, 6.45) is 0.